The van der Waals surface area contributed by atoms with Crippen LogP contribution in [0.25, 0.3) is 10.9 Å². The van der Waals surface area contributed by atoms with Crippen LogP contribution in [0.3, 0.4) is 0 Å². The Morgan fingerprint density at radius 1 is 1.05 bits per heavy atom. The number of rotatable bonds is 3. The molecule has 2 N–H and O–H groups in total. The van der Waals surface area contributed by atoms with E-state index in [-0.39, 0.29) is 6.04 Å². The van der Waals surface area contributed by atoms with Crippen molar-refractivity contribution in [3.05, 3.63) is 71.9 Å². The average molecular weight is 250 g/mol. The van der Waals surface area contributed by atoms with Crippen molar-refractivity contribution in [1.29, 1.82) is 0 Å². The maximum Gasteiger partial charge on any atom is 0.0486 e. The molecule has 2 nitrogen and oxygen atoms in total. The van der Waals surface area contributed by atoms with Crippen LogP contribution >= 0.6 is 0 Å². The third-order valence-corrected chi connectivity index (χ3v) is 3.52. The van der Waals surface area contributed by atoms with E-state index in [1.165, 1.54) is 22.0 Å². The Labute approximate surface area is 113 Å². The highest BCUT2D eigenvalue weighted by Crippen LogP contribution is 2.21. The van der Waals surface area contributed by atoms with Crippen LogP contribution in [-0.2, 0) is 6.54 Å². The summed E-state index contributed by atoms with van der Waals surface area (Å²) in [5.41, 5.74) is 9.71. The van der Waals surface area contributed by atoms with Crippen LogP contribution in [0.5, 0.6) is 0 Å². The summed E-state index contributed by atoms with van der Waals surface area (Å²) in [6, 6.07) is 19.2. The second-order valence-electron chi connectivity index (χ2n) is 5.04. The molecule has 1 heterocycles. The molecule has 96 valence electrons. The fraction of sp³-hybridized carbons (Fsp3) is 0.176. The molecule has 0 spiro atoms. The summed E-state index contributed by atoms with van der Waals surface area (Å²) in [5.74, 6) is 0. The first-order valence-corrected chi connectivity index (χ1v) is 6.62. The maximum atomic E-state index is 5.97. The second kappa shape index (κ2) is 4.90. The van der Waals surface area contributed by atoms with Crippen LogP contribution in [-0.4, -0.2) is 4.57 Å². The molecular weight excluding hydrogens is 232 g/mol. The number of nitrogens with two attached hydrogens (primary N) is 1. The van der Waals surface area contributed by atoms with Gasteiger partial charge < -0.3 is 10.3 Å². The van der Waals surface area contributed by atoms with E-state index in [4.69, 9.17) is 5.73 Å². The lowest BCUT2D eigenvalue weighted by Gasteiger charge is -2.09. The highest BCUT2D eigenvalue weighted by molar-refractivity contribution is 5.81. The van der Waals surface area contributed by atoms with Crippen LogP contribution in [0.15, 0.2) is 60.8 Å². The zero-order valence-corrected chi connectivity index (χ0v) is 11.1. The molecule has 3 rings (SSSR count). The molecule has 0 fully saturated rings. The first kappa shape index (κ1) is 12.0. The topological polar surface area (TPSA) is 30.9 Å². The molecule has 0 bridgehead atoms. The molecular formula is C17H18N2. The molecule has 1 aromatic heterocycles. The van der Waals surface area contributed by atoms with Crippen molar-refractivity contribution in [2.75, 3.05) is 0 Å². The first-order valence-electron chi connectivity index (χ1n) is 6.62. The molecule has 1 unspecified atom stereocenters. The van der Waals surface area contributed by atoms with E-state index >= 15 is 0 Å². The number of hydrogen-bond donors (Lipinski definition) is 1. The van der Waals surface area contributed by atoms with Gasteiger partial charge in [-0.1, -0.05) is 42.5 Å². The van der Waals surface area contributed by atoms with Gasteiger partial charge in [-0.2, -0.15) is 0 Å². The van der Waals surface area contributed by atoms with Gasteiger partial charge in [-0.3, -0.25) is 0 Å². The lowest BCUT2D eigenvalue weighted by Crippen LogP contribution is -2.05. The van der Waals surface area contributed by atoms with E-state index in [1.807, 2.05) is 13.0 Å². The van der Waals surface area contributed by atoms with Crippen molar-refractivity contribution in [2.45, 2.75) is 19.5 Å². The molecule has 0 amide bonds. The SMILES string of the molecule is CC(N)c1ccc2ccn(Cc3ccccc3)c2c1. The van der Waals surface area contributed by atoms with Crippen molar-refractivity contribution in [3.63, 3.8) is 0 Å². The first-order chi connectivity index (χ1) is 9.24. The normalized spacial score (nSPS) is 12.7. The minimum Gasteiger partial charge on any atom is -0.343 e. The smallest absolute Gasteiger partial charge is 0.0486 e. The van der Waals surface area contributed by atoms with Crippen LogP contribution in [0, 0.1) is 0 Å². The van der Waals surface area contributed by atoms with E-state index in [1.54, 1.807) is 0 Å². The van der Waals surface area contributed by atoms with Crippen molar-refractivity contribution >= 4 is 10.9 Å². The van der Waals surface area contributed by atoms with Gasteiger partial charge in [-0.25, -0.2) is 0 Å². The lowest BCUT2D eigenvalue weighted by molar-refractivity contribution is 0.811. The Hall–Kier alpha value is -2.06. The van der Waals surface area contributed by atoms with Gasteiger partial charge in [-0.15, -0.1) is 0 Å². The van der Waals surface area contributed by atoms with Gasteiger partial charge >= 0.3 is 0 Å². The van der Waals surface area contributed by atoms with Crippen LogP contribution < -0.4 is 5.73 Å². The van der Waals surface area contributed by atoms with E-state index in [0.29, 0.717) is 0 Å². The van der Waals surface area contributed by atoms with Crippen molar-refractivity contribution in [3.8, 4) is 0 Å². The second-order valence-corrected chi connectivity index (χ2v) is 5.04. The fourth-order valence-electron chi connectivity index (χ4n) is 2.40. The number of fused-ring (bicyclic) bond motifs is 1. The molecule has 0 aliphatic carbocycles. The Kier molecular flexibility index (Phi) is 3.10. The third kappa shape index (κ3) is 2.40. The van der Waals surface area contributed by atoms with Crippen LogP contribution in [0.4, 0.5) is 0 Å². The zero-order chi connectivity index (χ0) is 13.2. The molecule has 0 radical (unpaired) electrons. The van der Waals surface area contributed by atoms with E-state index in [0.717, 1.165) is 6.54 Å². The van der Waals surface area contributed by atoms with Gasteiger partial charge in [0.15, 0.2) is 0 Å². The Morgan fingerprint density at radius 3 is 2.58 bits per heavy atom. The minimum absolute atomic E-state index is 0.0736. The quantitative estimate of drug-likeness (QED) is 0.754. The monoisotopic (exact) mass is 250 g/mol. The predicted molar refractivity (Wildman–Crippen MR) is 80.1 cm³/mol. The zero-order valence-electron chi connectivity index (χ0n) is 11.1. The molecule has 3 aromatic rings. The molecule has 0 saturated carbocycles. The highest BCUT2D eigenvalue weighted by Gasteiger charge is 2.05. The largest absolute Gasteiger partial charge is 0.343 e. The summed E-state index contributed by atoms with van der Waals surface area (Å²) < 4.78 is 2.27. The van der Waals surface area contributed by atoms with E-state index in [2.05, 4.69) is 59.3 Å². The summed E-state index contributed by atoms with van der Waals surface area (Å²) in [6.45, 7) is 2.92. The predicted octanol–water partition coefficient (Wildman–Crippen LogP) is 3.71. The Bertz CT molecular complexity index is 681. The lowest BCUT2D eigenvalue weighted by atomic mass is 10.1. The fourth-order valence-corrected chi connectivity index (χ4v) is 2.40. The minimum atomic E-state index is 0.0736. The molecule has 0 aliphatic rings. The molecule has 2 aromatic carbocycles. The average Bonchev–Trinajstić information content (AvgIpc) is 2.82. The summed E-state index contributed by atoms with van der Waals surface area (Å²) >= 11 is 0. The van der Waals surface area contributed by atoms with Crippen LogP contribution in [0.2, 0.25) is 0 Å². The van der Waals surface area contributed by atoms with Crippen molar-refractivity contribution < 1.29 is 0 Å². The molecule has 19 heavy (non-hydrogen) atoms. The van der Waals surface area contributed by atoms with Gasteiger partial charge in [0.25, 0.3) is 0 Å². The summed E-state index contributed by atoms with van der Waals surface area (Å²) in [5, 5.41) is 1.26. The van der Waals surface area contributed by atoms with Gasteiger partial charge in [-0.05, 0) is 35.6 Å². The molecule has 0 aliphatic heterocycles. The summed E-state index contributed by atoms with van der Waals surface area (Å²) in [4.78, 5) is 0. The summed E-state index contributed by atoms with van der Waals surface area (Å²) in [6.07, 6.45) is 2.14. The van der Waals surface area contributed by atoms with Crippen molar-refractivity contribution in [2.24, 2.45) is 5.73 Å². The standard InChI is InChI=1S/C17H18N2/c1-13(18)16-8-7-15-9-10-19(17(15)11-16)12-14-5-3-2-4-6-14/h2-11,13H,12,18H2,1H3. The van der Waals surface area contributed by atoms with E-state index in [9.17, 15) is 0 Å². The maximum absolute atomic E-state index is 5.97. The Morgan fingerprint density at radius 2 is 1.84 bits per heavy atom. The van der Waals surface area contributed by atoms with Crippen molar-refractivity contribution in [1.82, 2.24) is 4.57 Å². The van der Waals surface area contributed by atoms with Crippen LogP contribution in [0.1, 0.15) is 24.1 Å². The number of nitrogens with zero attached hydrogens (tertiary/aromatic N) is 1. The third-order valence-electron chi connectivity index (χ3n) is 3.52. The molecule has 0 saturated heterocycles. The number of benzene rings is 2. The van der Waals surface area contributed by atoms with E-state index < -0.39 is 0 Å². The number of aromatic nitrogens is 1. The van der Waals surface area contributed by atoms with Gasteiger partial charge in [0.2, 0.25) is 0 Å². The Balaban J connectivity index is 2.02. The summed E-state index contributed by atoms with van der Waals surface area (Å²) in [7, 11) is 0. The number of hydrogen-bond acceptors (Lipinski definition) is 1. The van der Waals surface area contributed by atoms with Gasteiger partial charge in [0.05, 0.1) is 0 Å². The molecule has 1 atom stereocenters. The van der Waals surface area contributed by atoms with Gasteiger partial charge in [0.1, 0.15) is 0 Å². The van der Waals surface area contributed by atoms with Gasteiger partial charge in [0, 0.05) is 24.3 Å². The molecule has 2 heteroatoms. The highest BCUT2D eigenvalue weighted by atomic mass is 14.9.